The SMILES string of the molecule is CCC(C)(N)C(=O)NC(C)(C(=O)O)c1ccccc1. The number of carboxylic acid groups (broad SMARTS) is 1. The molecule has 1 rings (SSSR count). The summed E-state index contributed by atoms with van der Waals surface area (Å²) in [5.74, 6) is -1.61. The normalized spacial score (nSPS) is 17.1. The van der Waals surface area contributed by atoms with Gasteiger partial charge >= 0.3 is 5.97 Å². The number of carbonyl (C=O) groups excluding carboxylic acids is 1. The molecule has 0 spiro atoms. The van der Waals surface area contributed by atoms with Gasteiger partial charge in [0.15, 0.2) is 5.54 Å². The molecule has 0 aromatic heterocycles. The number of carbonyl (C=O) groups is 2. The Morgan fingerprint density at radius 3 is 2.21 bits per heavy atom. The molecule has 0 saturated carbocycles. The maximum atomic E-state index is 12.1. The van der Waals surface area contributed by atoms with Crippen LogP contribution in [0.4, 0.5) is 0 Å². The topological polar surface area (TPSA) is 92.4 Å². The van der Waals surface area contributed by atoms with Crippen LogP contribution in [0.2, 0.25) is 0 Å². The van der Waals surface area contributed by atoms with Gasteiger partial charge in [0.2, 0.25) is 5.91 Å². The van der Waals surface area contributed by atoms with Gasteiger partial charge in [-0.05, 0) is 25.8 Å². The van der Waals surface area contributed by atoms with Gasteiger partial charge in [-0.25, -0.2) is 4.79 Å². The van der Waals surface area contributed by atoms with Crippen LogP contribution in [-0.4, -0.2) is 22.5 Å². The van der Waals surface area contributed by atoms with Crippen molar-refractivity contribution >= 4 is 11.9 Å². The second kappa shape index (κ2) is 5.40. The van der Waals surface area contributed by atoms with Crippen LogP contribution in [0.25, 0.3) is 0 Å². The summed E-state index contributed by atoms with van der Waals surface area (Å²) in [6.07, 6.45) is 0.420. The quantitative estimate of drug-likeness (QED) is 0.745. The summed E-state index contributed by atoms with van der Waals surface area (Å²) < 4.78 is 0. The zero-order chi connectivity index (χ0) is 14.7. The summed E-state index contributed by atoms with van der Waals surface area (Å²) in [5, 5.41) is 12.0. The minimum absolute atomic E-state index is 0.420. The van der Waals surface area contributed by atoms with E-state index in [2.05, 4.69) is 5.32 Å². The fourth-order valence-electron chi connectivity index (χ4n) is 1.55. The van der Waals surface area contributed by atoms with Crippen LogP contribution >= 0.6 is 0 Å². The minimum atomic E-state index is -1.49. The second-order valence-electron chi connectivity index (χ2n) is 5.02. The van der Waals surface area contributed by atoms with E-state index in [0.29, 0.717) is 12.0 Å². The molecule has 0 aliphatic rings. The van der Waals surface area contributed by atoms with Gasteiger partial charge in [0.05, 0.1) is 5.54 Å². The standard InChI is InChI=1S/C14H20N2O3/c1-4-13(2,15)11(17)16-14(3,12(18)19)10-8-6-5-7-9-10/h5-9H,4,15H2,1-3H3,(H,16,17)(H,18,19). The third-order valence-electron chi connectivity index (χ3n) is 3.40. The summed E-state index contributed by atoms with van der Waals surface area (Å²) >= 11 is 0. The molecule has 1 aromatic carbocycles. The van der Waals surface area contributed by atoms with E-state index in [4.69, 9.17) is 5.73 Å². The molecule has 104 valence electrons. The number of nitrogens with two attached hydrogens (primary N) is 1. The molecular formula is C14H20N2O3. The Morgan fingerprint density at radius 2 is 1.79 bits per heavy atom. The molecule has 2 unspecified atom stereocenters. The van der Waals surface area contributed by atoms with Gasteiger partial charge < -0.3 is 16.2 Å². The van der Waals surface area contributed by atoms with Crippen LogP contribution in [0, 0.1) is 0 Å². The number of benzene rings is 1. The van der Waals surface area contributed by atoms with Crippen LogP contribution in [-0.2, 0) is 15.1 Å². The van der Waals surface area contributed by atoms with Crippen molar-refractivity contribution < 1.29 is 14.7 Å². The van der Waals surface area contributed by atoms with Crippen LogP contribution in [0.1, 0.15) is 32.8 Å². The highest BCUT2D eigenvalue weighted by Crippen LogP contribution is 2.22. The molecule has 4 N–H and O–H groups in total. The lowest BCUT2D eigenvalue weighted by Crippen LogP contribution is -2.59. The van der Waals surface area contributed by atoms with Crippen molar-refractivity contribution in [1.82, 2.24) is 5.32 Å². The molecule has 0 aliphatic heterocycles. The third-order valence-corrected chi connectivity index (χ3v) is 3.40. The molecule has 0 heterocycles. The van der Waals surface area contributed by atoms with Gasteiger partial charge in [-0.1, -0.05) is 37.3 Å². The smallest absolute Gasteiger partial charge is 0.333 e. The highest BCUT2D eigenvalue weighted by atomic mass is 16.4. The molecule has 0 radical (unpaired) electrons. The largest absolute Gasteiger partial charge is 0.479 e. The molecular weight excluding hydrogens is 244 g/mol. The predicted molar refractivity (Wildman–Crippen MR) is 72.5 cm³/mol. The minimum Gasteiger partial charge on any atom is -0.479 e. The van der Waals surface area contributed by atoms with Gasteiger partial charge in [0, 0.05) is 0 Å². The number of amides is 1. The third kappa shape index (κ3) is 3.12. The maximum Gasteiger partial charge on any atom is 0.333 e. The Labute approximate surface area is 112 Å². The van der Waals surface area contributed by atoms with Gasteiger partial charge in [-0.15, -0.1) is 0 Å². The highest BCUT2D eigenvalue weighted by molar-refractivity contribution is 5.92. The molecule has 2 atom stereocenters. The fourth-order valence-corrected chi connectivity index (χ4v) is 1.55. The van der Waals surface area contributed by atoms with Gasteiger partial charge in [0.1, 0.15) is 0 Å². The van der Waals surface area contributed by atoms with Crippen molar-refractivity contribution in [3.05, 3.63) is 35.9 Å². The summed E-state index contributed by atoms with van der Waals surface area (Å²) in [7, 11) is 0. The van der Waals surface area contributed by atoms with Crippen LogP contribution in [0.15, 0.2) is 30.3 Å². The van der Waals surface area contributed by atoms with E-state index in [1.54, 1.807) is 44.2 Å². The molecule has 19 heavy (non-hydrogen) atoms. The van der Waals surface area contributed by atoms with E-state index < -0.39 is 23.0 Å². The van der Waals surface area contributed by atoms with Crippen LogP contribution in [0.5, 0.6) is 0 Å². The summed E-state index contributed by atoms with van der Waals surface area (Å²) in [5.41, 5.74) is 3.76. The first-order valence-corrected chi connectivity index (χ1v) is 6.14. The zero-order valence-electron chi connectivity index (χ0n) is 11.4. The van der Waals surface area contributed by atoms with Crippen molar-refractivity contribution in [1.29, 1.82) is 0 Å². The number of hydrogen-bond acceptors (Lipinski definition) is 3. The van der Waals surface area contributed by atoms with E-state index in [-0.39, 0.29) is 0 Å². The lowest BCUT2D eigenvalue weighted by Gasteiger charge is -2.31. The summed E-state index contributed by atoms with van der Waals surface area (Å²) in [6.45, 7) is 4.81. The highest BCUT2D eigenvalue weighted by Gasteiger charge is 2.40. The van der Waals surface area contributed by atoms with E-state index in [1.807, 2.05) is 0 Å². The fraction of sp³-hybridized carbons (Fsp3) is 0.429. The number of nitrogens with one attached hydrogen (secondary N) is 1. The van der Waals surface area contributed by atoms with Crippen LogP contribution in [0.3, 0.4) is 0 Å². The average Bonchev–Trinajstić information content (AvgIpc) is 2.39. The van der Waals surface area contributed by atoms with Crippen molar-refractivity contribution in [2.45, 2.75) is 38.3 Å². The predicted octanol–water partition coefficient (Wildman–Crippen LogP) is 1.23. The van der Waals surface area contributed by atoms with Gasteiger partial charge in [0.25, 0.3) is 0 Å². The molecule has 5 heteroatoms. The van der Waals surface area contributed by atoms with E-state index >= 15 is 0 Å². The first-order chi connectivity index (χ1) is 8.74. The van der Waals surface area contributed by atoms with Gasteiger partial charge in [-0.3, -0.25) is 4.79 Å². The molecule has 0 bridgehead atoms. The summed E-state index contributed by atoms with van der Waals surface area (Å²) in [6, 6.07) is 8.56. The Bertz CT molecular complexity index is 471. The van der Waals surface area contributed by atoms with Crippen molar-refractivity contribution in [2.24, 2.45) is 5.73 Å². The van der Waals surface area contributed by atoms with Crippen molar-refractivity contribution in [3.63, 3.8) is 0 Å². The number of aliphatic carboxylic acids is 1. The molecule has 0 aliphatic carbocycles. The monoisotopic (exact) mass is 264 g/mol. The second-order valence-corrected chi connectivity index (χ2v) is 5.02. The number of carboxylic acids is 1. The van der Waals surface area contributed by atoms with Crippen molar-refractivity contribution in [2.75, 3.05) is 0 Å². The molecule has 5 nitrogen and oxygen atoms in total. The molecule has 0 fully saturated rings. The van der Waals surface area contributed by atoms with Crippen molar-refractivity contribution in [3.8, 4) is 0 Å². The lowest BCUT2D eigenvalue weighted by molar-refractivity contribution is -0.148. The number of rotatable bonds is 5. The maximum absolute atomic E-state index is 12.1. The summed E-state index contributed by atoms with van der Waals surface area (Å²) in [4.78, 5) is 23.6. The Kier molecular flexibility index (Phi) is 4.32. The molecule has 1 aromatic rings. The van der Waals surface area contributed by atoms with E-state index in [0.717, 1.165) is 0 Å². The van der Waals surface area contributed by atoms with E-state index in [9.17, 15) is 14.7 Å². The van der Waals surface area contributed by atoms with Crippen LogP contribution < -0.4 is 11.1 Å². The zero-order valence-corrected chi connectivity index (χ0v) is 11.4. The Morgan fingerprint density at radius 1 is 1.26 bits per heavy atom. The molecule has 1 amide bonds. The first-order valence-electron chi connectivity index (χ1n) is 6.14. The average molecular weight is 264 g/mol. The molecule has 0 saturated heterocycles. The Hall–Kier alpha value is -1.88. The van der Waals surface area contributed by atoms with Gasteiger partial charge in [-0.2, -0.15) is 0 Å². The number of hydrogen-bond donors (Lipinski definition) is 3. The Balaban J connectivity index is 3.10. The van der Waals surface area contributed by atoms with E-state index in [1.165, 1.54) is 6.92 Å². The lowest BCUT2D eigenvalue weighted by atomic mass is 9.89. The first kappa shape index (κ1) is 15.2.